The Kier molecular flexibility index (Phi) is 3.26. The summed E-state index contributed by atoms with van der Waals surface area (Å²) in [6.07, 6.45) is -2.82. The molecule has 2 N–H and O–H groups in total. The summed E-state index contributed by atoms with van der Waals surface area (Å²) in [7, 11) is 0. The number of aromatic nitrogens is 2. The van der Waals surface area contributed by atoms with Gasteiger partial charge in [0.25, 0.3) is 0 Å². The van der Waals surface area contributed by atoms with Crippen LogP contribution in [0.3, 0.4) is 0 Å². The summed E-state index contributed by atoms with van der Waals surface area (Å²) in [6, 6.07) is 5.62. The monoisotopic (exact) mass is 269 g/mol. The Bertz CT molecular complexity index is 585. The zero-order valence-electron chi connectivity index (χ0n) is 10.6. The van der Waals surface area contributed by atoms with Gasteiger partial charge in [0.2, 0.25) is 0 Å². The highest BCUT2D eigenvalue weighted by atomic mass is 19.4. The van der Waals surface area contributed by atoms with Crippen molar-refractivity contribution in [1.29, 1.82) is 0 Å². The van der Waals surface area contributed by atoms with E-state index in [1.807, 2.05) is 13.8 Å². The predicted octanol–water partition coefficient (Wildman–Crippen LogP) is 3.73. The van der Waals surface area contributed by atoms with Crippen molar-refractivity contribution in [3.63, 3.8) is 0 Å². The van der Waals surface area contributed by atoms with Crippen LogP contribution in [-0.4, -0.2) is 9.78 Å². The third-order valence-electron chi connectivity index (χ3n) is 2.81. The van der Waals surface area contributed by atoms with Gasteiger partial charge in [-0.2, -0.15) is 18.3 Å². The number of alkyl halides is 3. The van der Waals surface area contributed by atoms with Gasteiger partial charge in [-0.25, -0.2) is 0 Å². The highest BCUT2D eigenvalue weighted by Gasteiger charge is 2.32. The molecule has 102 valence electrons. The third-order valence-corrected chi connectivity index (χ3v) is 2.81. The number of rotatable bonds is 2. The van der Waals surface area contributed by atoms with Crippen molar-refractivity contribution in [3.05, 3.63) is 36.0 Å². The fraction of sp³-hybridized carbons (Fsp3) is 0.308. The van der Waals surface area contributed by atoms with E-state index in [1.165, 1.54) is 12.1 Å². The zero-order valence-corrected chi connectivity index (χ0v) is 10.6. The number of benzene rings is 1. The van der Waals surface area contributed by atoms with Crippen LogP contribution >= 0.6 is 0 Å². The minimum absolute atomic E-state index is 0.119. The van der Waals surface area contributed by atoms with E-state index in [0.717, 1.165) is 11.8 Å². The molecule has 1 aromatic heterocycles. The Hall–Kier alpha value is -1.98. The second kappa shape index (κ2) is 4.60. The van der Waals surface area contributed by atoms with E-state index in [0.29, 0.717) is 5.56 Å². The molecule has 0 saturated heterocycles. The molecule has 0 saturated carbocycles. The van der Waals surface area contributed by atoms with E-state index in [2.05, 4.69) is 5.10 Å². The molecule has 6 heteroatoms. The van der Waals surface area contributed by atoms with E-state index in [9.17, 15) is 13.2 Å². The number of hydrogen-bond donors (Lipinski definition) is 1. The molecule has 0 aliphatic heterocycles. The Morgan fingerprint density at radius 3 is 2.42 bits per heavy atom. The van der Waals surface area contributed by atoms with Gasteiger partial charge in [-0.05, 0) is 32.0 Å². The van der Waals surface area contributed by atoms with Crippen LogP contribution in [0.15, 0.2) is 30.5 Å². The van der Waals surface area contributed by atoms with Crippen LogP contribution in [0.25, 0.3) is 11.3 Å². The lowest BCUT2D eigenvalue weighted by atomic mass is 10.1. The average molecular weight is 269 g/mol. The van der Waals surface area contributed by atoms with Crippen molar-refractivity contribution in [2.24, 2.45) is 0 Å². The molecule has 1 heterocycles. The predicted molar refractivity (Wildman–Crippen MR) is 67.5 cm³/mol. The molecule has 19 heavy (non-hydrogen) atoms. The molecule has 1 aromatic carbocycles. The second-order valence-electron chi connectivity index (χ2n) is 4.55. The summed E-state index contributed by atoms with van der Waals surface area (Å²) in [5, 5.41) is 4.15. The SMILES string of the molecule is CC(C)n1nccc1-c1ccc(C(F)(F)F)c(N)c1. The van der Waals surface area contributed by atoms with Crippen LogP contribution in [0, 0.1) is 0 Å². The normalized spacial score (nSPS) is 12.1. The molecule has 0 bridgehead atoms. The molecule has 0 amide bonds. The number of nitrogens with two attached hydrogens (primary N) is 1. The van der Waals surface area contributed by atoms with Gasteiger partial charge in [0.05, 0.1) is 11.3 Å². The maximum absolute atomic E-state index is 12.6. The number of halogens is 3. The summed E-state index contributed by atoms with van der Waals surface area (Å²) in [4.78, 5) is 0. The fourth-order valence-corrected chi connectivity index (χ4v) is 1.93. The first-order valence-electron chi connectivity index (χ1n) is 5.81. The number of nitrogens with zero attached hydrogens (tertiary/aromatic N) is 2. The number of anilines is 1. The topological polar surface area (TPSA) is 43.8 Å². The summed E-state index contributed by atoms with van der Waals surface area (Å²) < 4.78 is 39.6. The van der Waals surface area contributed by atoms with Gasteiger partial charge in [0.15, 0.2) is 0 Å². The van der Waals surface area contributed by atoms with Gasteiger partial charge in [0.1, 0.15) is 0 Å². The number of hydrogen-bond acceptors (Lipinski definition) is 2. The van der Waals surface area contributed by atoms with Crippen molar-refractivity contribution in [2.45, 2.75) is 26.1 Å². The lowest BCUT2D eigenvalue weighted by Gasteiger charge is -2.14. The van der Waals surface area contributed by atoms with E-state index in [4.69, 9.17) is 5.73 Å². The minimum atomic E-state index is -4.43. The van der Waals surface area contributed by atoms with E-state index < -0.39 is 11.7 Å². The largest absolute Gasteiger partial charge is 0.418 e. The van der Waals surface area contributed by atoms with Crippen LogP contribution < -0.4 is 5.73 Å². The highest BCUT2D eigenvalue weighted by Crippen LogP contribution is 2.35. The fourth-order valence-electron chi connectivity index (χ4n) is 1.93. The van der Waals surface area contributed by atoms with Gasteiger partial charge >= 0.3 is 6.18 Å². The first-order valence-corrected chi connectivity index (χ1v) is 5.81. The molecule has 3 nitrogen and oxygen atoms in total. The number of nitrogen functional groups attached to an aromatic ring is 1. The van der Waals surface area contributed by atoms with Gasteiger partial charge in [0, 0.05) is 23.5 Å². The maximum Gasteiger partial charge on any atom is 0.418 e. The van der Waals surface area contributed by atoms with Crippen LogP contribution in [0.2, 0.25) is 0 Å². The zero-order chi connectivity index (χ0) is 14.2. The molecule has 2 aromatic rings. The highest BCUT2D eigenvalue weighted by molar-refractivity contribution is 5.67. The Labute approximate surface area is 108 Å². The van der Waals surface area contributed by atoms with Crippen LogP contribution in [0.4, 0.5) is 18.9 Å². The molecule has 0 radical (unpaired) electrons. The van der Waals surface area contributed by atoms with Crippen LogP contribution in [0.1, 0.15) is 25.5 Å². The van der Waals surface area contributed by atoms with Crippen molar-refractivity contribution in [2.75, 3.05) is 5.73 Å². The van der Waals surface area contributed by atoms with Crippen molar-refractivity contribution in [1.82, 2.24) is 9.78 Å². The van der Waals surface area contributed by atoms with Crippen molar-refractivity contribution < 1.29 is 13.2 Å². The van der Waals surface area contributed by atoms with Crippen LogP contribution in [0.5, 0.6) is 0 Å². The summed E-state index contributed by atoms with van der Waals surface area (Å²) in [5.74, 6) is 0. The minimum Gasteiger partial charge on any atom is -0.398 e. The van der Waals surface area contributed by atoms with Crippen molar-refractivity contribution >= 4 is 5.69 Å². The van der Waals surface area contributed by atoms with Gasteiger partial charge in [-0.3, -0.25) is 4.68 Å². The molecule has 0 aliphatic rings. The first kappa shape index (κ1) is 13.5. The Morgan fingerprint density at radius 1 is 1.21 bits per heavy atom. The summed E-state index contributed by atoms with van der Waals surface area (Å²) >= 11 is 0. The van der Waals surface area contributed by atoms with E-state index in [-0.39, 0.29) is 11.7 Å². The molecule has 0 unspecified atom stereocenters. The third kappa shape index (κ3) is 2.57. The molecule has 2 rings (SSSR count). The molecule has 0 atom stereocenters. The lowest BCUT2D eigenvalue weighted by molar-refractivity contribution is -0.136. The molecule has 0 spiro atoms. The molecular weight excluding hydrogens is 255 g/mol. The van der Waals surface area contributed by atoms with E-state index in [1.54, 1.807) is 16.9 Å². The van der Waals surface area contributed by atoms with Crippen molar-refractivity contribution in [3.8, 4) is 11.3 Å². The smallest absolute Gasteiger partial charge is 0.398 e. The van der Waals surface area contributed by atoms with Gasteiger partial charge < -0.3 is 5.73 Å². The van der Waals surface area contributed by atoms with E-state index >= 15 is 0 Å². The summed E-state index contributed by atoms with van der Waals surface area (Å²) in [5.41, 5.74) is 5.77. The van der Waals surface area contributed by atoms with Crippen LogP contribution in [-0.2, 0) is 6.18 Å². The Balaban J connectivity index is 2.48. The standard InChI is InChI=1S/C13H14F3N3/c1-8(2)19-12(5-6-18-19)9-3-4-10(11(17)7-9)13(14,15)16/h3-8H,17H2,1-2H3. The molecular formula is C13H14F3N3. The summed E-state index contributed by atoms with van der Waals surface area (Å²) in [6.45, 7) is 3.90. The quantitative estimate of drug-likeness (QED) is 0.844. The first-order chi connectivity index (χ1) is 8.80. The average Bonchev–Trinajstić information content (AvgIpc) is 2.75. The molecule has 0 fully saturated rings. The lowest BCUT2D eigenvalue weighted by Crippen LogP contribution is -2.09. The van der Waals surface area contributed by atoms with Gasteiger partial charge in [-0.15, -0.1) is 0 Å². The van der Waals surface area contributed by atoms with Gasteiger partial charge in [-0.1, -0.05) is 6.07 Å². The Morgan fingerprint density at radius 2 is 1.89 bits per heavy atom. The maximum atomic E-state index is 12.6. The second-order valence-corrected chi connectivity index (χ2v) is 4.55. The molecule has 0 aliphatic carbocycles.